The lowest BCUT2D eigenvalue weighted by Gasteiger charge is -2.12. The highest BCUT2D eigenvalue weighted by Crippen LogP contribution is 2.20. The summed E-state index contributed by atoms with van der Waals surface area (Å²) in [6.45, 7) is 1.77. The third kappa shape index (κ3) is 3.98. The molecule has 2 rings (SSSR count). The van der Waals surface area contributed by atoms with Crippen molar-refractivity contribution in [1.29, 1.82) is 5.26 Å². The number of carbonyl (C=O) groups excluding carboxylic acids is 1. The first-order chi connectivity index (χ1) is 11.4. The minimum Gasteiger partial charge on any atom is -0.380 e. The Labute approximate surface area is 141 Å². The molecule has 0 radical (unpaired) electrons. The number of benzene rings is 2. The highest BCUT2D eigenvalue weighted by Gasteiger charge is 2.12. The molecule has 0 saturated heterocycles. The van der Waals surface area contributed by atoms with Gasteiger partial charge in [-0.3, -0.25) is 4.79 Å². The van der Waals surface area contributed by atoms with Crippen LogP contribution in [-0.2, 0) is 16.6 Å². The van der Waals surface area contributed by atoms with Gasteiger partial charge in [-0.25, -0.2) is 13.1 Å². The average molecular weight is 343 g/mol. The van der Waals surface area contributed by atoms with Crippen LogP contribution in [0.25, 0.3) is 0 Å². The number of ketones is 1. The Morgan fingerprint density at radius 2 is 1.96 bits per heavy atom. The van der Waals surface area contributed by atoms with Gasteiger partial charge in [0.25, 0.3) is 0 Å². The molecule has 0 aliphatic heterocycles. The zero-order valence-corrected chi connectivity index (χ0v) is 14.1. The summed E-state index contributed by atoms with van der Waals surface area (Å²) in [5.74, 6) is -0.117. The van der Waals surface area contributed by atoms with Gasteiger partial charge in [0.1, 0.15) is 0 Å². The Hall–Kier alpha value is -2.69. The van der Waals surface area contributed by atoms with E-state index in [0.29, 0.717) is 23.4 Å². The molecule has 2 aromatic carbocycles. The molecule has 0 aliphatic carbocycles. The third-order valence-electron chi connectivity index (χ3n) is 3.49. The van der Waals surface area contributed by atoms with Gasteiger partial charge in [-0.1, -0.05) is 12.1 Å². The lowest BCUT2D eigenvalue weighted by molar-refractivity contribution is 0.101. The molecule has 0 atom stereocenters. The van der Waals surface area contributed by atoms with Gasteiger partial charge in [0.05, 0.1) is 16.5 Å². The Kier molecular flexibility index (Phi) is 5.34. The van der Waals surface area contributed by atoms with Crippen molar-refractivity contribution in [3.05, 3.63) is 59.2 Å². The van der Waals surface area contributed by atoms with Crippen LogP contribution >= 0.6 is 0 Å². The number of hydrogen-bond acceptors (Lipinski definition) is 5. The van der Waals surface area contributed by atoms with Gasteiger partial charge >= 0.3 is 0 Å². The lowest BCUT2D eigenvalue weighted by atomic mass is 10.1. The van der Waals surface area contributed by atoms with Gasteiger partial charge in [0.2, 0.25) is 10.0 Å². The molecule has 24 heavy (non-hydrogen) atoms. The van der Waals surface area contributed by atoms with Crippen LogP contribution in [0.15, 0.2) is 47.4 Å². The standard InChI is InChI=1S/C17H17N3O3S/c1-12(21)16-7-6-13(10-18)9-17(16)20-11-14-4-3-5-15(8-14)24(22,23)19-2/h3-9,19-20H,11H2,1-2H3. The van der Waals surface area contributed by atoms with Gasteiger partial charge < -0.3 is 5.32 Å². The van der Waals surface area contributed by atoms with Gasteiger partial charge in [0.15, 0.2) is 5.78 Å². The number of Topliss-reactive ketones (excluding diaryl/α,β-unsaturated/α-hetero) is 1. The molecular weight excluding hydrogens is 326 g/mol. The monoisotopic (exact) mass is 343 g/mol. The molecule has 0 heterocycles. The number of nitrogens with one attached hydrogen (secondary N) is 2. The number of anilines is 1. The molecular formula is C17H17N3O3S. The summed E-state index contributed by atoms with van der Waals surface area (Å²) in [5, 5.41) is 12.1. The second kappa shape index (κ2) is 7.25. The van der Waals surface area contributed by atoms with Gasteiger partial charge in [-0.15, -0.1) is 0 Å². The predicted molar refractivity (Wildman–Crippen MR) is 91.2 cm³/mol. The lowest BCUT2D eigenvalue weighted by Crippen LogP contribution is -2.18. The first-order valence-electron chi connectivity index (χ1n) is 7.19. The second-order valence-electron chi connectivity index (χ2n) is 5.14. The van der Waals surface area contributed by atoms with Crippen LogP contribution in [-0.4, -0.2) is 21.2 Å². The summed E-state index contributed by atoms with van der Waals surface area (Å²) in [6.07, 6.45) is 0. The van der Waals surface area contributed by atoms with Crippen molar-refractivity contribution in [2.24, 2.45) is 0 Å². The van der Waals surface area contributed by atoms with Crippen LogP contribution < -0.4 is 10.0 Å². The van der Waals surface area contributed by atoms with Crippen LogP contribution in [0, 0.1) is 11.3 Å². The predicted octanol–water partition coefficient (Wildman–Crippen LogP) is 2.28. The van der Waals surface area contributed by atoms with Crippen LogP contribution in [0.3, 0.4) is 0 Å². The van der Waals surface area contributed by atoms with Gasteiger partial charge in [0, 0.05) is 17.8 Å². The Bertz CT molecular complexity index is 915. The van der Waals surface area contributed by atoms with Crippen molar-refractivity contribution in [3.8, 4) is 6.07 Å². The quantitative estimate of drug-likeness (QED) is 0.784. The van der Waals surface area contributed by atoms with E-state index < -0.39 is 10.0 Å². The Morgan fingerprint density at radius 1 is 1.21 bits per heavy atom. The third-order valence-corrected chi connectivity index (χ3v) is 4.90. The Balaban J connectivity index is 2.27. The number of hydrogen-bond donors (Lipinski definition) is 2. The first-order valence-corrected chi connectivity index (χ1v) is 8.67. The van der Waals surface area contributed by atoms with Gasteiger partial charge in [-0.05, 0) is 49.9 Å². The number of nitrogens with zero attached hydrogens (tertiary/aromatic N) is 1. The molecule has 0 spiro atoms. The van der Waals surface area contributed by atoms with E-state index in [2.05, 4.69) is 10.0 Å². The van der Waals surface area contributed by atoms with E-state index in [9.17, 15) is 13.2 Å². The molecule has 2 N–H and O–H groups in total. The van der Waals surface area contributed by atoms with E-state index in [1.54, 1.807) is 36.4 Å². The summed E-state index contributed by atoms with van der Waals surface area (Å²) in [7, 11) is -2.16. The molecule has 6 nitrogen and oxygen atoms in total. The van der Waals surface area contributed by atoms with E-state index in [0.717, 1.165) is 5.56 Å². The van der Waals surface area contributed by atoms with Crippen LogP contribution in [0.4, 0.5) is 5.69 Å². The normalized spacial score (nSPS) is 10.9. The highest BCUT2D eigenvalue weighted by atomic mass is 32.2. The van der Waals surface area contributed by atoms with Crippen LogP contribution in [0.1, 0.15) is 28.4 Å². The van der Waals surface area contributed by atoms with E-state index >= 15 is 0 Å². The molecule has 0 amide bonds. The van der Waals surface area contributed by atoms with E-state index in [1.165, 1.54) is 20.0 Å². The van der Waals surface area contributed by atoms with E-state index in [1.807, 2.05) is 6.07 Å². The van der Waals surface area contributed by atoms with Crippen molar-refractivity contribution in [2.45, 2.75) is 18.4 Å². The van der Waals surface area contributed by atoms with E-state index in [4.69, 9.17) is 5.26 Å². The molecule has 0 fully saturated rings. The molecule has 0 aliphatic rings. The maximum Gasteiger partial charge on any atom is 0.240 e. The van der Waals surface area contributed by atoms with E-state index in [-0.39, 0.29) is 10.7 Å². The molecule has 2 aromatic rings. The summed E-state index contributed by atoms with van der Waals surface area (Å²) < 4.78 is 26.0. The van der Waals surface area contributed by atoms with Crippen LogP contribution in [0.5, 0.6) is 0 Å². The summed E-state index contributed by atoms with van der Waals surface area (Å²) in [5.41, 5.74) is 2.20. The summed E-state index contributed by atoms with van der Waals surface area (Å²) >= 11 is 0. The minimum atomic E-state index is -3.51. The first kappa shape index (κ1) is 17.7. The fourth-order valence-corrected chi connectivity index (χ4v) is 3.00. The average Bonchev–Trinajstić information content (AvgIpc) is 2.59. The zero-order valence-electron chi connectivity index (χ0n) is 13.3. The highest BCUT2D eigenvalue weighted by molar-refractivity contribution is 7.89. The Morgan fingerprint density at radius 3 is 2.58 bits per heavy atom. The largest absolute Gasteiger partial charge is 0.380 e. The van der Waals surface area contributed by atoms with Crippen molar-refractivity contribution in [1.82, 2.24) is 4.72 Å². The van der Waals surface area contributed by atoms with Crippen molar-refractivity contribution >= 4 is 21.5 Å². The second-order valence-corrected chi connectivity index (χ2v) is 7.02. The molecule has 0 bridgehead atoms. The van der Waals surface area contributed by atoms with Crippen molar-refractivity contribution in [3.63, 3.8) is 0 Å². The smallest absolute Gasteiger partial charge is 0.240 e. The molecule has 0 unspecified atom stereocenters. The molecule has 0 saturated carbocycles. The summed E-state index contributed by atoms with van der Waals surface area (Å²) in [6, 6.07) is 13.3. The number of carbonyl (C=O) groups is 1. The van der Waals surface area contributed by atoms with Crippen molar-refractivity contribution in [2.75, 3.05) is 12.4 Å². The fraction of sp³-hybridized carbons (Fsp3) is 0.176. The van der Waals surface area contributed by atoms with Crippen molar-refractivity contribution < 1.29 is 13.2 Å². The number of nitriles is 1. The SMILES string of the molecule is CNS(=O)(=O)c1cccc(CNc2cc(C#N)ccc2C(C)=O)c1. The zero-order chi connectivity index (χ0) is 17.7. The maximum atomic E-state index is 11.8. The molecule has 7 heteroatoms. The topological polar surface area (TPSA) is 99.1 Å². The maximum absolute atomic E-state index is 11.8. The number of sulfonamides is 1. The minimum absolute atomic E-state index is 0.117. The van der Waals surface area contributed by atoms with Crippen LogP contribution in [0.2, 0.25) is 0 Å². The summed E-state index contributed by atoms with van der Waals surface area (Å²) in [4.78, 5) is 11.9. The fourth-order valence-electron chi connectivity index (χ4n) is 2.20. The number of rotatable bonds is 6. The molecule has 0 aromatic heterocycles. The van der Waals surface area contributed by atoms with Gasteiger partial charge in [-0.2, -0.15) is 5.26 Å². The molecule has 124 valence electrons.